The van der Waals surface area contributed by atoms with E-state index in [1.807, 2.05) is 45.0 Å². The second-order valence-electron chi connectivity index (χ2n) is 5.72. The number of carbonyl (C=O) groups is 2. The van der Waals surface area contributed by atoms with Crippen LogP contribution in [0.25, 0.3) is 0 Å². The molecule has 4 heteroatoms. The van der Waals surface area contributed by atoms with E-state index in [1.54, 1.807) is 0 Å². The molecule has 1 aromatic carbocycles. The second-order valence-corrected chi connectivity index (χ2v) is 5.72. The van der Waals surface area contributed by atoms with Crippen molar-refractivity contribution in [3.63, 3.8) is 0 Å². The number of ether oxygens (including phenoxy) is 1. The molecule has 1 aromatic rings. The van der Waals surface area contributed by atoms with Crippen molar-refractivity contribution in [1.82, 2.24) is 0 Å². The van der Waals surface area contributed by atoms with Crippen molar-refractivity contribution in [3.05, 3.63) is 24.3 Å². The first-order chi connectivity index (χ1) is 8.89. The van der Waals surface area contributed by atoms with E-state index in [2.05, 4.69) is 0 Å². The second kappa shape index (κ2) is 5.03. The van der Waals surface area contributed by atoms with Crippen LogP contribution in [-0.2, 0) is 9.59 Å². The van der Waals surface area contributed by atoms with E-state index in [9.17, 15) is 9.59 Å². The molecule has 1 heterocycles. The minimum Gasteiger partial charge on any atom is -0.491 e. The summed E-state index contributed by atoms with van der Waals surface area (Å²) in [6.45, 7) is 6.04. The predicted octanol–water partition coefficient (Wildman–Crippen LogP) is 2.42. The van der Waals surface area contributed by atoms with Crippen LogP contribution in [0.1, 0.15) is 27.2 Å². The highest BCUT2D eigenvalue weighted by Gasteiger charge is 2.29. The molecule has 1 aliphatic rings. The summed E-state index contributed by atoms with van der Waals surface area (Å²) in [6.07, 6.45) is 0.298. The number of Topliss-reactive ketones (excluding diaryl/α,β-unsaturated/α-hetero) is 1. The number of amides is 1. The Bertz CT molecular complexity index is 502. The quantitative estimate of drug-likeness (QED) is 0.821. The number of ketones is 1. The summed E-state index contributed by atoms with van der Waals surface area (Å²) in [5.41, 5.74) is 0.227. The van der Waals surface area contributed by atoms with E-state index in [1.165, 1.54) is 4.90 Å². The fourth-order valence-corrected chi connectivity index (χ4v) is 1.87. The molecule has 0 aliphatic carbocycles. The van der Waals surface area contributed by atoms with Gasteiger partial charge in [0.25, 0.3) is 0 Å². The van der Waals surface area contributed by atoms with Crippen molar-refractivity contribution < 1.29 is 14.3 Å². The van der Waals surface area contributed by atoms with Gasteiger partial charge in [-0.15, -0.1) is 0 Å². The molecule has 1 aliphatic heterocycles. The average molecular weight is 261 g/mol. The molecule has 0 radical (unpaired) electrons. The fourth-order valence-electron chi connectivity index (χ4n) is 1.87. The fraction of sp³-hybridized carbons (Fsp3) is 0.467. The van der Waals surface area contributed by atoms with Crippen LogP contribution in [-0.4, -0.2) is 24.8 Å². The van der Waals surface area contributed by atoms with E-state index in [0.717, 1.165) is 0 Å². The van der Waals surface area contributed by atoms with Crippen molar-refractivity contribution in [2.45, 2.75) is 27.2 Å². The number of anilines is 1. The van der Waals surface area contributed by atoms with Gasteiger partial charge in [0.05, 0.1) is 25.3 Å². The number of hydrogen-bond donors (Lipinski definition) is 0. The van der Waals surface area contributed by atoms with E-state index in [0.29, 0.717) is 24.5 Å². The molecular weight excluding hydrogens is 242 g/mol. The summed E-state index contributed by atoms with van der Waals surface area (Å²) in [7, 11) is 0. The molecule has 0 N–H and O–H groups in total. The lowest BCUT2D eigenvalue weighted by molar-refractivity contribution is -0.127. The molecule has 0 aromatic heterocycles. The van der Waals surface area contributed by atoms with Gasteiger partial charge in [-0.05, 0) is 12.1 Å². The third kappa shape index (κ3) is 2.95. The SMILES string of the molecule is CC(C)(C)C(=O)CN1C(=O)CCOc2ccccc21. The zero-order valence-corrected chi connectivity index (χ0v) is 11.6. The minimum absolute atomic E-state index is 0.0394. The smallest absolute Gasteiger partial charge is 0.230 e. The number of benzene rings is 1. The van der Waals surface area contributed by atoms with Crippen molar-refractivity contribution in [2.24, 2.45) is 5.41 Å². The molecule has 19 heavy (non-hydrogen) atoms. The lowest BCUT2D eigenvalue weighted by Gasteiger charge is -2.25. The first kappa shape index (κ1) is 13.6. The molecular formula is C15H19NO3. The van der Waals surface area contributed by atoms with Crippen LogP contribution in [0, 0.1) is 5.41 Å². The summed E-state index contributed by atoms with van der Waals surface area (Å²) < 4.78 is 5.54. The maximum atomic E-state index is 12.2. The lowest BCUT2D eigenvalue weighted by Crippen LogP contribution is -2.39. The molecule has 0 atom stereocenters. The van der Waals surface area contributed by atoms with Crippen molar-refractivity contribution in [2.75, 3.05) is 18.1 Å². The maximum absolute atomic E-state index is 12.2. The standard InChI is InChI=1S/C15H19NO3/c1-15(2,3)13(17)10-16-11-6-4-5-7-12(11)19-9-8-14(16)18/h4-7H,8-10H2,1-3H3. The van der Waals surface area contributed by atoms with E-state index >= 15 is 0 Å². The van der Waals surface area contributed by atoms with Gasteiger partial charge in [-0.2, -0.15) is 0 Å². The van der Waals surface area contributed by atoms with Crippen molar-refractivity contribution >= 4 is 17.4 Å². The predicted molar refractivity (Wildman–Crippen MR) is 73.4 cm³/mol. The first-order valence-electron chi connectivity index (χ1n) is 6.45. The van der Waals surface area contributed by atoms with Gasteiger partial charge >= 0.3 is 0 Å². The lowest BCUT2D eigenvalue weighted by atomic mass is 9.90. The van der Waals surface area contributed by atoms with E-state index in [4.69, 9.17) is 4.74 Å². The Balaban J connectivity index is 2.32. The number of nitrogens with zero attached hydrogens (tertiary/aromatic N) is 1. The normalized spacial score (nSPS) is 15.5. The summed E-state index contributed by atoms with van der Waals surface area (Å²) in [5, 5.41) is 0. The summed E-state index contributed by atoms with van der Waals surface area (Å²) in [4.78, 5) is 25.8. The van der Waals surface area contributed by atoms with Crippen LogP contribution >= 0.6 is 0 Å². The summed E-state index contributed by atoms with van der Waals surface area (Å²) in [5.74, 6) is 0.634. The largest absolute Gasteiger partial charge is 0.491 e. The van der Waals surface area contributed by atoms with Crippen LogP contribution in [0.2, 0.25) is 0 Å². The Labute approximate surface area is 113 Å². The van der Waals surface area contributed by atoms with Crippen molar-refractivity contribution in [3.8, 4) is 5.75 Å². The topological polar surface area (TPSA) is 46.6 Å². The Morgan fingerprint density at radius 1 is 1.32 bits per heavy atom. The molecule has 2 rings (SSSR count). The molecule has 0 bridgehead atoms. The molecule has 102 valence electrons. The van der Waals surface area contributed by atoms with Gasteiger partial charge < -0.3 is 9.64 Å². The van der Waals surface area contributed by atoms with Crippen LogP contribution in [0.5, 0.6) is 5.75 Å². The zero-order chi connectivity index (χ0) is 14.0. The van der Waals surface area contributed by atoms with Crippen LogP contribution in [0.15, 0.2) is 24.3 Å². The van der Waals surface area contributed by atoms with Gasteiger partial charge in [0, 0.05) is 5.41 Å². The Morgan fingerprint density at radius 2 is 2.00 bits per heavy atom. The molecule has 0 fully saturated rings. The van der Waals surface area contributed by atoms with Gasteiger partial charge in [-0.25, -0.2) is 0 Å². The van der Waals surface area contributed by atoms with E-state index in [-0.39, 0.29) is 18.2 Å². The molecule has 0 unspecified atom stereocenters. The number of rotatable bonds is 2. The molecule has 0 saturated heterocycles. The molecule has 1 amide bonds. The average Bonchev–Trinajstić information content (AvgIpc) is 2.49. The van der Waals surface area contributed by atoms with Gasteiger partial charge in [0.1, 0.15) is 5.75 Å². The van der Waals surface area contributed by atoms with Gasteiger partial charge in [0.2, 0.25) is 5.91 Å². The summed E-state index contributed by atoms with van der Waals surface area (Å²) >= 11 is 0. The van der Waals surface area contributed by atoms with Gasteiger partial charge in [0.15, 0.2) is 5.78 Å². The third-order valence-electron chi connectivity index (χ3n) is 3.17. The van der Waals surface area contributed by atoms with Crippen LogP contribution in [0.3, 0.4) is 0 Å². The van der Waals surface area contributed by atoms with Crippen molar-refractivity contribution in [1.29, 1.82) is 0 Å². The number of carbonyl (C=O) groups excluding carboxylic acids is 2. The summed E-state index contributed by atoms with van der Waals surface area (Å²) in [6, 6.07) is 7.34. The first-order valence-corrected chi connectivity index (χ1v) is 6.45. The highest BCUT2D eigenvalue weighted by atomic mass is 16.5. The van der Waals surface area contributed by atoms with Gasteiger partial charge in [-0.1, -0.05) is 32.9 Å². The highest BCUT2D eigenvalue weighted by molar-refractivity contribution is 6.01. The number of hydrogen-bond acceptors (Lipinski definition) is 3. The van der Waals surface area contributed by atoms with Crippen LogP contribution in [0.4, 0.5) is 5.69 Å². The minimum atomic E-state index is -0.456. The van der Waals surface area contributed by atoms with E-state index < -0.39 is 5.41 Å². The maximum Gasteiger partial charge on any atom is 0.230 e. The Hall–Kier alpha value is -1.84. The van der Waals surface area contributed by atoms with Gasteiger partial charge in [-0.3, -0.25) is 9.59 Å². The van der Waals surface area contributed by atoms with Crippen LogP contribution < -0.4 is 9.64 Å². The number of para-hydroxylation sites is 2. The molecule has 0 saturated carbocycles. The zero-order valence-electron chi connectivity index (χ0n) is 11.6. The molecule has 4 nitrogen and oxygen atoms in total. The highest BCUT2D eigenvalue weighted by Crippen LogP contribution is 2.31. The number of fused-ring (bicyclic) bond motifs is 1. The monoisotopic (exact) mass is 261 g/mol. The Morgan fingerprint density at radius 3 is 2.68 bits per heavy atom. The molecule has 0 spiro atoms. The third-order valence-corrected chi connectivity index (χ3v) is 3.17. The Kier molecular flexibility index (Phi) is 3.60.